The van der Waals surface area contributed by atoms with Crippen LogP contribution in [-0.2, 0) is 11.5 Å². The number of amides is 1. The van der Waals surface area contributed by atoms with Crippen molar-refractivity contribution >= 4 is 18.1 Å². The first-order chi connectivity index (χ1) is 10.1. The summed E-state index contributed by atoms with van der Waals surface area (Å²) < 4.78 is 12.1. The van der Waals surface area contributed by atoms with E-state index in [-0.39, 0.29) is 10.7 Å². The van der Waals surface area contributed by atoms with E-state index in [1.165, 1.54) is 4.68 Å². The van der Waals surface area contributed by atoms with E-state index in [2.05, 4.69) is 10.4 Å². The molecule has 2 heterocycles. The van der Waals surface area contributed by atoms with Crippen molar-refractivity contribution in [2.45, 2.75) is 25.6 Å². The third-order valence-electron chi connectivity index (χ3n) is 3.07. The molecule has 1 fully saturated rings. The first kappa shape index (κ1) is 14.0. The molecule has 0 unspecified atom stereocenters. The number of nitrogens with zero attached hydrogens (tertiary/aromatic N) is 3. The minimum Gasteiger partial charge on any atom is -0.459 e. The van der Waals surface area contributed by atoms with Gasteiger partial charge in [-0.2, -0.15) is 0 Å². The van der Waals surface area contributed by atoms with Crippen molar-refractivity contribution in [2.75, 3.05) is 13.6 Å². The highest BCUT2D eigenvalue weighted by atomic mass is 32.1. The van der Waals surface area contributed by atoms with Crippen molar-refractivity contribution in [1.29, 1.82) is 0 Å². The molecule has 2 aromatic rings. The highest BCUT2D eigenvalue weighted by Crippen LogP contribution is 2.19. The second-order valence-electron chi connectivity index (χ2n) is 5.15. The smallest absolute Gasteiger partial charge is 0.288 e. The SMILES string of the molecule is CN(CC(=O)NC1CC1)Cn1nc(-c2ccco2)oc1=S. The van der Waals surface area contributed by atoms with Gasteiger partial charge in [0.05, 0.1) is 19.5 Å². The predicted molar refractivity (Wildman–Crippen MR) is 76.8 cm³/mol. The lowest BCUT2D eigenvalue weighted by molar-refractivity contribution is -0.122. The van der Waals surface area contributed by atoms with Gasteiger partial charge in [0, 0.05) is 6.04 Å². The molecule has 112 valence electrons. The van der Waals surface area contributed by atoms with Gasteiger partial charge in [-0.3, -0.25) is 9.69 Å². The van der Waals surface area contributed by atoms with Crippen LogP contribution in [0.3, 0.4) is 0 Å². The summed E-state index contributed by atoms with van der Waals surface area (Å²) >= 11 is 5.12. The highest BCUT2D eigenvalue weighted by Gasteiger charge is 2.23. The van der Waals surface area contributed by atoms with Crippen LogP contribution >= 0.6 is 12.2 Å². The Morgan fingerprint density at radius 3 is 3.10 bits per heavy atom. The summed E-state index contributed by atoms with van der Waals surface area (Å²) in [5.74, 6) is 0.871. The molecule has 1 N–H and O–H groups in total. The molecule has 1 aliphatic rings. The van der Waals surface area contributed by atoms with Crippen LogP contribution in [0.1, 0.15) is 12.8 Å². The fourth-order valence-corrected chi connectivity index (χ4v) is 2.10. The van der Waals surface area contributed by atoms with Crippen LogP contribution in [0.25, 0.3) is 11.7 Å². The summed E-state index contributed by atoms with van der Waals surface area (Å²) in [7, 11) is 1.83. The van der Waals surface area contributed by atoms with Crippen LogP contribution in [0.2, 0.25) is 0 Å². The first-order valence-corrected chi connectivity index (χ1v) is 7.12. The van der Waals surface area contributed by atoms with Crippen molar-refractivity contribution in [2.24, 2.45) is 0 Å². The van der Waals surface area contributed by atoms with Crippen LogP contribution in [0.5, 0.6) is 0 Å². The summed E-state index contributed by atoms with van der Waals surface area (Å²) in [5.41, 5.74) is 0. The Morgan fingerprint density at radius 1 is 1.62 bits per heavy atom. The number of nitrogens with one attached hydrogen (secondary N) is 1. The minimum absolute atomic E-state index is 0.0151. The number of hydrogen-bond acceptors (Lipinski definition) is 6. The van der Waals surface area contributed by atoms with Crippen LogP contribution < -0.4 is 5.32 Å². The number of carbonyl (C=O) groups is 1. The third-order valence-corrected chi connectivity index (χ3v) is 3.36. The van der Waals surface area contributed by atoms with E-state index < -0.39 is 0 Å². The second kappa shape index (κ2) is 5.82. The van der Waals surface area contributed by atoms with Gasteiger partial charge in [0.25, 0.3) is 10.7 Å². The van der Waals surface area contributed by atoms with Crippen LogP contribution in [0.15, 0.2) is 27.2 Å². The highest BCUT2D eigenvalue weighted by molar-refractivity contribution is 7.71. The van der Waals surface area contributed by atoms with E-state index in [9.17, 15) is 4.79 Å². The van der Waals surface area contributed by atoms with Gasteiger partial charge < -0.3 is 14.2 Å². The van der Waals surface area contributed by atoms with Gasteiger partial charge in [-0.15, -0.1) is 5.10 Å². The fraction of sp³-hybridized carbons (Fsp3) is 0.462. The van der Waals surface area contributed by atoms with Gasteiger partial charge in [-0.05, 0) is 44.2 Å². The molecule has 1 saturated carbocycles. The normalized spacial score (nSPS) is 14.6. The van der Waals surface area contributed by atoms with E-state index in [1.54, 1.807) is 18.4 Å². The molecule has 0 bridgehead atoms. The van der Waals surface area contributed by atoms with Crippen molar-refractivity contribution in [1.82, 2.24) is 20.0 Å². The van der Waals surface area contributed by atoms with Gasteiger partial charge in [-0.1, -0.05) is 0 Å². The van der Waals surface area contributed by atoms with Crippen molar-refractivity contribution < 1.29 is 13.6 Å². The Morgan fingerprint density at radius 2 is 2.43 bits per heavy atom. The van der Waals surface area contributed by atoms with E-state index in [0.717, 1.165) is 12.8 Å². The molecule has 0 radical (unpaired) electrons. The molecule has 7 nitrogen and oxygen atoms in total. The molecule has 3 rings (SSSR count). The van der Waals surface area contributed by atoms with Gasteiger partial charge in [0.2, 0.25) is 5.91 Å². The molecule has 0 spiro atoms. The largest absolute Gasteiger partial charge is 0.459 e. The van der Waals surface area contributed by atoms with Gasteiger partial charge in [-0.25, -0.2) is 4.68 Å². The average Bonchev–Trinajstić information content (AvgIpc) is 2.94. The zero-order valence-electron chi connectivity index (χ0n) is 11.6. The number of furan rings is 1. The number of carbonyl (C=O) groups excluding carboxylic acids is 1. The van der Waals surface area contributed by atoms with Crippen LogP contribution in [-0.4, -0.2) is 40.2 Å². The molecule has 0 atom stereocenters. The molecule has 8 heteroatoms. The fourth-order valence-electron chi connectivity index (χ4n) is 1.92. The molecule has 1 aliphatic carbocycles. The number of aromatic nitrogens is 2. The number of rotatable bonds is 6. The van der Waals surface area contributed by atoms with Gasteiger partial charge >= 0.3 is 0 Å². The van der Waals surface area contributed by atoms with E-state index >= 15 is 0 Å². The molecule has 0 aromatic carbocycles. The standard InChI is InChI=1S/C13H16N4O3S/c1-16(7-11(18)14-9-4-5-9)8-17-13(21)20-12(15-17)10-3-2-6-19-10/h2-3,6,9H,4-5,7-8H2,1H3,(H,14,18). The zero-order valence-corrected chi connectivity index (χ0v) is 12.4. The quantitative estimate of drug-likeness (QED) is 0.818. The maximum Gasteiger partial charge on any atom is 0.288 e. The van der Waals surface area contributed by atoms with Crippen LogP contribution in [0.4, 0.5) is 0 Å². The van der Waals surface area contributed by atoms with Crippen molar-refractivity contribution in [3.63, 3.8) is 0 Å². The molecular weight excluding hydrogens is 292 g/mol. The van der Waals surface area contributed by atoms with Crippen molar-refractivity contribution in [3.05, 3.63) is 23.2 Å². The molecule has 2 aromatic heterocycles. The summed E-state index contributed by atoms with van der Waals surface area (Å²) in [5, 5.41) is 7.19. The average molecular weight is 308 g/mol. The minimum atomic E-state index is 0.0151. The second-order valence-corrected chi connectivity index (χ2v) is 5.50. The summed E-state index contributed by atoms with van der Waals surface area (Å²) in [4.78, 5) is 13.8. The number of hydrogen-bond donors (Lipinski definition) is 1. The lowest BCUT2D eigenvalue weighted by Gasteiger charge is -2.15. The monoisotopic (exact) mass is 308 g/mol. The lowest BCUT2D eigenvalue weighted by Crippen LogP contribution is -2.37. The molecule has 0 saturated heterocycles. The zero-order chi connectivity index (χ0) is 14.8. The van der Waals surface area contributed by atoms with Crippen LogP contribution in [0, 0.1) is 4.84 Å². The molecular formula is C13H16N4O3S. The Balaban J connectivity index is 1.61. The van der Waals surface area contributed by atoms with E-state index in [0.29, 0.717) is 30.9 Å². The third kappa shape index (κ3) is 3.59. The maximum absolute atomic E-state index is 11.7. The van der Waals surface area contributed by atoms with E-state index in [4.69, 9.17) is 21.1 Å². The van der Waals surface area contributed by atoms with Gasteiger partial charge in [0.15, 0.2) is 5.76 Å². The topological polar surface area (TPSA) is 76.4 Å². The molecule has 1 amide bonds. The Labute approximate surface area is 126 Å². The lowest BCUT2D eigenvalue weighted by atomic mass is 10.5. The summed E-state index contributed by atoms with van der Waals surface area (Å²) in [6.45, 7) is 0.669. The maximum atomic E-state index is 11.7. The molecule has 21 heavy (non-hydrogen) atoms. The van der Waals surface area contributed by atoms with Gasteiger partial charge in [0.1, 0.15) is 0 Å². The van der Waals surface area contributed by atoms with E-state index in [1.807, 2.05) is 11.9 Å². The molecule has 0 aliphatic heterocycles. The Hall–Kier alpha value is -1.93. The first-order valence-electron chi connectivity index (χ1n) is 6.71. The number of likely N-dealkylation sites (N-methyl/N-ethyl adjacent to an activating group) is 1. The Bertz CT molecular complexity index is 672. The van der Waals surface area contributed by atoms with Crippen molar-refractivity contribution in [3.8, 4) is 11.7 Å². The summed E-state index contributed by atoms with van der Waals surface area (Å²) in [6.07, 6.45) is 3.70. The predicted octanol–water partition coefficient (Wildman–Crippen LogP) is 1.63. The summed E-state index contributed by atoms with van der Waals surface area (Å²) in [6, 6.07) is 3.87. The Kier molecular flexibility index (Phi) is 3.89.